The maximum Gasteiger partial charge on any atom is 0.490 e. The van der Waals surface area contributed by atoms with Crippen LogP contribution in [0, 0.1) is 5.92 Å². The van der Waals surface area contributed by atoms with E-state index in [9.17, 15) is 53.9 Å². The number of aliphatic carboxylic acids is 3. The van der Waals surface area contributed by atoms with Crippen LogP contribution in [0.1, 0.15) is 54.6 Å². The number of aryl methyl sites for hydroxylation is 2. The molecule has 3 amide bonds. The molecule has 5 rings (SSSR count). The van der Waals surface area contributed by atoms with Crippen molar-refractivity contribution in [3.8, 4) is 0 Å². The van der Waals surface area contributed by atoms with Crippen molar-refractivity contribution in [1.29, 1.82) is 0 Å². The number of halogens is 9. The monoisotopic (exact) mass is 913 g/mol. The summed E-state index contributed by atoms with van der Waals surface area (Å²) in [5, 5.41) is 27.1. The third kappa shape index (κ3) is 18.7. The van der Waals surface area contributed by atoms with Crippen LogP contribution in [0.4, 0.5) is 56.6 Å². The van der Waals surface area contributed by atoms with Crippen LogP contribution >= 0.6 is 0 Å². The minimum atomic E-state index is -5.08. The first kappa shape index (κ1) is 52.9. The van der Waals surface area contributed by atoms with Crippen molar-refractivity contribution in [2.24, 2.45) is 11.7 Å². The van der Waals surface area contributed by atoms with Gasteiger partial charge in [0.25, 0.3) is 5.91 Å². The van der Waals surface area contributed by atoms with Crippen molar-refractivity contribution in [1.82, 2.24) is 19.8 Å². The molecule has 63 heavy (non-hydrogen) atoms. The molecule has 25 heteroatoms. The molecule has 0 aliphatic carbocycles. The second-order valence-corrected chi connectivity index (χ2v) is 13.6. The van der Waals surface area contributed by atoms with E-state index in [-0.39, 0.29) is 17.7 Å². The number of aromatic nitrogens is 2. The molecule has 0 bridgehead atoms. The molecule has 0 spiro atoms. The van der Waals surface area contributed by atoms with Crippen LogP contribution in [0.2, 0.25) is 0 Å². The van der Waals surface area contributed by atoms with Crippen LogP contribution < -0.4 is 21.3 Å². The van der Waals surface area contributed by atoms with Crippen molar-refractivity contribution in [3.63, 3.8) is 0 Å². The number of unbranched alkanes of at least 4 members (excludes halogenated alkanes) is 1. The Hall–Kier alpha value is -6.24. The van der Waals surface area contributed by atoms with Gasteiger partial charge in [-0.15, -0.1) is 0 Å². The summed E-state index contributed by atoms with van der Waals surface area (Å²) in [5.41, 5.74) is 8.83. The Bertz CT molecular complexity index is 1940. The van der Waals surface area contributed by atoms with Gasteiger partial charge in [0.15, 0.2) is 0 Å². The fourth-order valence-corrected chi connectivity index (χ4v) is 5.85. The molecule has 0 atom stereocenters. The number of piperidine rings is 1. The van der Waals surface area contributed by atoms with Crippen LogP contribution in [0.3, 0.4) is 0 Å². The fraction of sp³-hybridized carbons (Fsp3) is 0.447. The highest BCUT2D eigenvalue weighted by Gasteiger charge is 2.39. The van der Waals surface area contributed by atoms with Gasteiger partial charge in [0.1, 0.15) is 0 Å². The zero-order valence-corrected chi connectivity index (χ0v) is 33.1. The minimum absolute atomic E-state index is 0.0109. The summed E-state index contributed by atoms with van der Waals surface area (Å²) in [6, 6.07) is 14.8. The number of imidazole rings is 1. The molecular formula is C38H44F9N7O9. The Kier molecular flexibility index (Phi) is 20.5. The number of carbonyl (C=O) groups is 6. The molecule has 0 radical (unpaired) electrons. The normalized spacial score (nSPS) is 14.1. The largest absolute Gasteiger partial charge is 0.490 e. The van der Waals surface area contributed by atoms with E-state index in [1.165, 1.54) is 6.42 Å². The number of alkyl halides is 9. The predicted octanol–water partition coefficient (Wildman–Crippen LogP) is 5.60. The van der Waals surface area contributed by atoms with Gasteiger partial charge in [-0.1, -0.05) is 37.1 Å². The Balaban J connectivity index is 0.000000536. The number of fused-ring (bicyclic) bond motifs is 2. The highest BCUT2D eigenvalue weighted by molar-refractivity contribution is 6.17. The summed E-state index contributed by atoms with van der Waals surface area (Å²) in [6.45, 7) is 4.00. The number of amides is 3. The quantitative estimate of drug-likeness (QED) is 0.0962. The van der Waals surface area contributed by atoms with Crippen molar-refractivity contribution in [2.75, 3.05) is 42.9 Å². The van der Waals surface area contributed by atoms with Gasteiger partial charge >= 0.3 is 36.4 Å². The number of likely N-dealkylation sites (tertiary alicyclic amines) is 1. The first-order valence-corrected chi connectivity index (χ1v) is 18.8. The number of hydrogen-bond acceptors (Lipinski definition) is 9. The van der Waals surface area contributed by atoms with Gasteiger partial charge in [-0.2, -0.15) is 39.5 Å². The van der Waals surface area contributed by atoms with Crippen LogP contribution in [0.5, 0.6) is 0 Å². The molecule has 3 aromatic rings. The third-order valence-electron chi connectivity index (χ3n) is 8.87. The van der Waals surface area contributed by atoms with Gasteiger partial charge in [-0.05, 0) is 69.0 Å². The molecule has 2 aliphatic heterocycles. The lowest BCUT2D eigenvalue weighted by Crippen LogP contribution is -2.42. The second-order valence-electron chi connectivity index (χ2n) is 13.6. The Morgan fingerprint density at radius 3 is 1.86 bits per heavy atom. The highest BCUT2D eigenvalue weighted by atomic mass is 19.4. The number of nitrogens with one attached hydrogen (secondary N) is 2. The van der Waals surface area contributed by atoms with E-state index in [1.807, 2.05) is 55.0 Å². The predicted molar refractivity (Wildman–Crippen MR) is 205 cm³/mol. The Morgan fingerprint density at radius 2 is 1.32 bits per heavy atom. The van der Waals surface area contributed by atoms with Crippen molar-refractivity contribution < 1.29 is 83.6 Å². The van der Waals surface area contributed by atoms with E-state index < -0.39 is 36.4 Å². The Labute approximate surface area is 352 Å². The minimum Gasteiger partial charge on any atom is -0.475 e. The molecule has 1 fully saturated rings. The van der Waals surface area contributed by atoms with Crippen LogP contribution in [0.15, 0.2) is 61.1 Å². The smallest absolute Gasteiger partial charge is 0.475 e. The number of carboxylic acid groups (broad SMARTS) is 3. The zero-order valence-electron chi connectivity index (χ0n) is 33.1. The van der Waals surface area contributed by atoms with E-state index in [0.29, 0.717) is 61.0 Å². The maximum absolute atomic E-state index is 13.7. The van der Waals surface area contributed by atoms with E-state index in [4.69, 9.17) is 35.4 Å². The summed E-state index contributed by atoms with van der Waals surface area (Å²) in [7, 11) is 0. The number of carbonyl (C=O) groups excluding carboxylic acids is 3. The van der Waals surface area contributed by atoms with E-state index >= 15 is 0 Å². The third-order valence-corrected chi connectivity index (χ3v) is 8.87. The zero-order chi connectivity index (χ0) is 47.5. The number of para-hydroxylation sites is 3. The summed E-state index contributed by atoms with van der Waals surface area (Å²) in [6.07, 6.45) is -4.69. The molecule has 1 saturated heterocycles. The SMILES string of the molecule is NCCNC(=O)CCc1cn(CCCCC2CCN(CC(=O)N3c4ccccc4NC(=O)c4ccccc43)CC2)cn1.O=C(O)C(F)(F)F.O=C(O)C(F)(F)F.O=C(O)C(F)(F)F. The van der Waals surface area contributed by atoms with Crippen molar-refractivity contribution in [2.45, 2.75) is 70.0 Å². The van der Waals surface area contributed by atoms with Gasteiger partial charge in [0.2, 0.25) is 11.8 Å². The molecule has 348 valence electrons. The lowest BCUT2D eigenvalue weighted by Gasteiger charge is -2.33. The second kappa shape index (κ2) is 24.4. The molecule has 0 saturated carbocycles. The number of rotatable bonds is 12. The van der Waals surface area contributed by atoms with Crippen molar-refractivity contribution >= 4 is 52.7 Å². The summed E-state index contributed by atoms with van der Waals surface area (Å²) in [5.74, 6) is -7.82. The standard InChI is InChI=1S/C32H41N7O3.3C2HF3O2/c33-16-17-34-30(40)13-12-25-21-38(23-35-25)18-6-5-7-24-14-19-37(20-15-24)22-31(41)39-28-10-3-1-8-26(28)32(42)36-27-9-2-4-11-29(27)39;3*3-2(4,5)1(6)7/h1-4,8-11,21,23-24H,5-7,12-20,22,33H2,(H,34,40)(H,36,42);3*(H,6,7). The van der Waals surface area contributed by atoms with Gasteiger partial charge in [0.05, 0.1) is 41.2 Å². The topological polar surface area (TPSA) is 237 Å². The van der Waals surface area contributed by atoms with Crippen LogP contribution in [-0.4, -0.2) is 117 Å². The van der Waals surface area contributed by atoms with E-state index in [0.717, 1.165) is 51.0 Å². The van der Waals surface area contributed by atoms with Crippen LogP contribution in [0.25, 0.3) is 0 Å². The lowest BCUT2D eigenvalue weighted by atomic mass is 9.91. The first-order chi connectivity index (χ1) is 29.3. The molecular weight excluding hydrogens is 869 g/mol. The van der Waals surface area contributed by atoms with Gasteiger partial charge in [-0.3, -0.25) is 24.2 Å². The molecule has 2 aliphatic rings. The van der Waals surface area contributed by atoms with E-state index in [1.54, 1.807) is 11.0 Å². The van der Waals surface area contributed by atoms with Gasteiger partial charge in [-0.25, -0.2) is 19.4 Å². The average molecular weight is 914 g/mol. The average Bonchev–Trinajstić information content (AvgIpc) is 3.61. The molecule has 16 nitrogen and oxygen atoms in total. The maximum atomic E-state index is 13.7. The van der Waals surface area contributed by atoms with Crippen LogP contribution in [-0.2, 0) is 36.9 Å². The van der Waals surface area contributed by atoms with E-state index in [2.05, 4.69) is 25.1 Å². The fourth-order valence-electron chi connectivity index (χ4n) is 5.85. The number of nitrogens with zero attached hydrogens (tertiary/aromatic N) is 4. The molecule has 1 aromatic heterocycles. The number of carboxylic acids is 3. The first-order valence-electron chi connectivity index (χ1n) is 18.8. The number of benzene rings is 2. The van der Waals surface area contributed by atoms with Crippen molar-refractivity contribution in [3.05, 3.63) is 72.3 Å². The molecule has 0 unspecified atom stereocenters. The lowest BCUT2D eigenvalue weighted by molar-refractivity contribution is -0.193. The molecule has 3 heterocycles. The number of hydrogen-bond donors (Lipinski definition) is 6. The number of anilines is 3. The number of nitrogens with two attached hydrogens (primary N) is 1. The Morgan fingerprint density at radius 1 is 0.794 bits per heavy atom. The summed E-state index contributed by atoms with van der Waals surface area (Å²) >= 11 is 0. The van der Waals surface area contributed by atoms with Gasteiger partial charge in [0, 0.05) is 32.3 Å². The molecule has 7 N–H and O–H groups in total. The summed E-state index contributed by atoms with van der Waals surface area (Å²) in [4.78, 5) is 73.4. The molecule has 2 aromatic carbocycles. The summed E-state index contributed by atoms with van der Waals surface area (Å²) < 4.78 is 97.3. The van der Waals surface area contributed by atoms with Gasteiger partial charge < -0.3 is 36.3 Å². The highest BCUT2D eigenvalue weighted by Crippen LogP contribution is 2.38.